The second-order valence-electron chi connectivity index (χ2n) is 7.31. The van der Waals surface area contributed by atoms with Crippen LogP contribution in [-0.2, 0) is 25.6 Å². The molecule has 0 saturated carbocycles. The van der Waals surface area contributed by atoms with Crippen molar-refractivity contribution < 1.29 is 34.0 Å². The van der Waals surface area contributed by atoms with Crippen molar-refractivity contribution in [1.82, 2.24) is 4.90 Å². The molecule has 1 aromatic carbocycles. The second kappa shape index (κ2) is 6.47. The predicted octanol–water partition coefficient (Wildman–Crippen LogP) is 0.606. The number of carbonyl (C=O) groups excluding carboxylic acids is 1. The fourth-order valence-corrected chi connectivity index (χ4v) is 3.80. The van der Waals surface area contributed by atoms with Gasteiger partial charge in [-0.2, -0.15) is 0 Å². The van der Waals surface area contributed by atoms with E-state index in [1.54, 1.807) is 13.8 Å². The smallest absolute Gasteiger partial charge is 0.410 e. The number of amides is 1. The Kier molecular flexibility index (Phi) is 4.40. The van der Waals surface area contributed by atoms with Crippen molar-refractivity contribution >= 4 is 6.09 Å². The number of benzene rings is 1. The largest absolute Gasteiger partial charge is 0.445 e. The van der Waals surface area contributed by atoms with Crippen LogP contribution in [-0.4, -0.2) is 70.3 Å². The molecule has 1 amide bonds. The van der Waals surface area contributed by atoms with Gasteiger partial charge in [0, 0.05) is 0 Å². The predicted molar refractivity (Wildman–Crippen MR) is 87.8 cm³/mol. The summed E-state index contributed by atoms with van der Waals surface area (Å²) < 4.78 is 22.7. The number of ether oxygens (including phenoxy) is 4. The van der Waals surface area contributed by atoms with Gasteiger partial charge in [0.05, 0.1) is 12.6 Å². The summed E-state index contributed by atoms with van der Waals surface area (Å²) in [4.78, 5) is 14.1. The lowest BCUT2D eigenvalue weighted by Crippen LogP contribution is -2.64. The molecular formula is C18H23NO7. The minimum absolute atomic E-state index is 0.0632. The standard InChI is InChI=1S/C18H23NO7/c1-18(2)25-15-12-14(24-16(15)26-18)13(21)11(20)8-19(12)17(22)23-9-10-6-4-3-5-7-10/h3-7,11-16,20-21H,8-9H2,1-2H3/t11-,12-,13-,14+,15-,16-/m1/s1. The molecule has 8 nitrogen and oxygen atoms in total. The zero-order chi connectivity index (χ0) is 18.5. The monoisotopic (exact) mass is 365 g/mol. The summed E-state index contributed by atoms with van der Waals surface area (Å²) in [7, 11) is 0. The minimum Gasteiger partial charge on any atom is -0.445 e. The van der Waals surface area contributed by atoms with Crippen LogP contribution in [0.25, 0.3) is 0 Å². The number of likely N-dealkylation sites (tertiary alicyclic amines) is 1. The zero-order valence-electron chi connectivity index (χ0n) is 14.6. The highest BCUT2D eigenvalue weighted by molar-refractivity contribution is 5.68. The molecule has 0 unspecified atom stereocenters. The number of aliphatic hydroxyl groups excluding tert-OH is 2. The van der Waals surface area contributed by atoms with E-state index in [1.807, 2.05) is 30.3 Å². The van der Waals surface area contributed by atoms with Gasteiger partial charge in [0.1, 0.15) is 31.0 Å². The molecule has 4 rings (SSSR count). The zero-order valence-corrected chi connectivity index (χ0v) is 14.6. The van der Waals surface area contributed by atoms with Gasteiger partial charge in [0.15, 0.2) is 12.1 Å². The van der Waals surface area contributed by atoms with Gasteiger partial charge < -0.3 is 29.2 Å². The lowest BCUT2D eigenvalue weighted by Gasteiger charge is -2.42. The van der Waals surface area contributed by atoms with Crippen LogP contribution in [0.4, 0.5) is 4.79 Å². The molecular weight excluding hydrogens is 342 g/mol. The van der Waals surface area contributed by atoms with E-state index >= 15 is 0 Å². The van der Waals surface area contributed by atoms with E-state index in [2.05, 4.69) is 0 Å². The Hall–Kier alpha value is -1.71. The number of piperidine rings is 1. The molecule has 26 heavy (non-hydrogen) atoms. The van der Waals surface area contributed by atoms with Crippen LogP contribution >= 0.6 is 0 Å². The van der Waals surface area contributed by atoms with E-state index in [1.165, 1.54) is 4.90 Å². The third kappa shape index (κ3) is 3.08. The van der Waals surface area contributed by atoms with E-state index in [-0.39, 0.29) is 13.2 Å². The van der Waals surface area contributed by atoms with Gasteiger partial charge in [0.25, 0.3) is 0 Å². The Balaban J connectivity index is 1.51. The van der Waals surface area contributed by atoms with E-state index < -0.39 is 48.6 Å². The Bertz CT molecular complexity index is 667. The van der Waals surface area contributed by atoms with E-state index in [0.29, 0.717) is 0 Å². The summed E-state index contributed by atoms with van der Waals surface area (Å²) in [5, 5.41) is 20.4. The number of nitrogens with zero attached hydrogens (tertiary/aromatic N) is 1. The molecule has 2 N–H and O–H groups in total. The molecule has 8 heteroatoms. The van der Waals surface area contributed by atoms with Gasteiger partial charge in [-0.25, -0.2) is 4.79 Å². The third-order valence-corrected chi connectivity index (χ3v) is 4.97. The summed E-state index contributed by atoms with van der Waals surface area (Å²) in [6, 6.07) is 8.73. The average molecular weight is 365 g/mol. The fraction of sp³-hybridized carbons (Fsp3) is 0.611. The Morgan fingerprint density at radius 3 is 2.69 bits per heavy atom. The number of β-amino-alcohol motifs (C(OH)–C–C–N with tert-alkyl or cyclic N) is 1. The molecule has 0 radical (unpaired) electrons. The molecule has 3 heterocycles. The van der Waals surface area contributed by atoms with Crippen molar-refractivity contribution in [2.75, 3.05) is 6.54 Å². The van der Waals surface area contributed by atoms with Crippen LogP contribution in [0.15, 0.2) is 30.3 Å². The van der Waals surface area contributed by atoms with Crippen molar-refractivity contribution in [2.24, 2.45) is 0 Å². The lowest BCUT2D eigenvalue weighted by molar-refractivity contribution is -0.234. The summed E-state index contributed by atoms with van der Waals surface area (Å²) in [6.45, 7) is 3.57. The highest BCUT2D eigenvalue weighted by atomic mass is 16.8. The van der Waals surface area contributed by atoms with E-state index in [4.69, 9.17) is 18.9 Å². The van der Waals surface area contributed by atoms with Crippen molar-refractivity contribution in [3.63, 3.8) is 0 Å². The Morgan fingerprint density at radius 2 is 1.96 bits per heavy atom. The van der Waals surface area contributed by atoms with Gasteiger partial charge in [-0.15, -0.1) is 0 Å². The molecule has 3 saturated heterocycles. The maximum Gasteiger partial charge on any atom is 0.410 e. The number of aliphatic hydroxyl groups is 2. The molecule has 6 atom stereocenters. The van der Waals surface area contributed by atoms with Gasteiger partial charge in [-0.05, 0) is 19.4 Å². The van der Waals surface area contributed by atoms with Crippen LogP contribution in [0, 0.1) is 0 Å². The molecule has 0 spiro atoms. The lowest BCUT2D eigenvalue weighted by atomic mass is 9.92. The number of hydrogen-bond donors (Lipinski definition) is 2. The second-order valence-corrected chi connectivity index (χ2v) is 7.31. The van der Waals surface area contributed by atoms with Gasteiger partial charge in [-0.3, -0.25) is 4.90 Å². The topological polar surface area (TPSA) is 97.7 Å². The quantitative estimate of drug-likeness (QED) is 0.792. The van der Waals surface area contributed by atoms with Crippen LogP contribution in [0.5, 0.6) is 0 Å². The maximum atomic E-state index is 12.7. The normalized spacial score (nSPS) is 37.9. The Labute approximate surface area is 151 Å². The first kappa shape index (κ1) is 17.7. The third-order valence-electron chi connectivity index (χ3n) is 4.97. The highest BCUT2D eigenvalue weighted by Crippen LogP contribution is 2.42. The van der Waals surface area contributed by atoms with Crippen LogP contribution in [0.2, 0.25) is 0 Å². The average Bonchev–Trinajstić information content (AvgIpc) is 3.09. The van der Waals surface area contributed by atoms with Crippen molar-refractivity contribution in [3.8, 4) is 0 Å². The molecule has 1 aromatic rings. The summed E-state index contributed by atoms with van der Waals surface area (Å²) in [5.41, 5.74) is 0.858. The molecule has 0 aliphatic carbocycles. The van der Waals surface area contributed by atoms with Crippen LogP contribution < -0.4 is 0 Å². The van der Waals surface area contributed by atoms with Crippen molar-refractivity contribution in [3.05, 3.63) is 35.9 Å². The Morgan fingerprint density at radius 1 is 1.23 bits per heavy atom. The molecule has 0 aromatic heterocycles. The van der Waals surface area contributed by atoms with Crippen LogP contribution in [0.1, 0.15) is 19.4 Å². The first-order valence-corrected chi connectivity index (χ1v) is 8.70. The molecule has 3 fully saturated rings. The van der Waals surface area contributed by atoms with Crippen molar-refractivity contribution in [1.29, 1.82) is 0 Å². The van der Waals surface area contributed by atoms with E-state index in [9.17, 15) is 15.0 Å². The summed E-state index contributed by atoms with van der Waals surface area (Å²) in [6.07, 6.45) is -4.90. The summed E-state index contributed by atoms with van der Waals surface area (Å²) in [5.74, 6) is -0.846. The fourth-order valence-electron chi connectivity index (χ4n) is 3.80. The number of hydrogen-bond acceptors (Lipinski definition) is 7. The molecule has 142 valence electrons. The maximum absolute atomic E-state index is 12.7. The SMILES string of the molecule is CC1(C)O[C@H]2O[C@@H]3[C@H](O)[C@H](O)CN(C(=O)OCc4ccccc4)[C@H]3[C@H]2O1. The molecule has 0 bridgehead atoms. The number of fused-ring (bicyclic) bond motifs is 3. The van der Waals surface area contributed by atoms with E-state index in [0.717, 1.165) is 5.56 Å². The van der Waals surface area contributed by atoms with Crippen LogP contribution in [0.3, 0.4) is 0 Å². The number of carbonyl (C=O) groups is 1. The molecule has 3 aliphatic rings. The first-order chi connectivity index (χ1) is 12.4. The number of rotatable bonds is 2. The van der Waals surface area contributed by atoms with Gasteiger partial charge in [-0.1, -0.05) is 30.3 Å². The summed E-state index contributed by atoms with van der Waals surface area (Å²) >= 11 is 0. The van der Waals surface area contributed by atoms with Gasteiger partial charge >= 0.3 is 6.09 Å². The highest BCUT2D eigenvalue weighted by Gasteiger charge is 2.62. The van der Waals surface area contributed by atoms with Crippen molar-refractivity contribution in [2.45, 2.75) is 63.0 Å². The van der Waals surface area contributed by atoms with Gasteiger partial charge in [0.2, 0.25) is 0 Å². The minimum atomic E-state index is -1.13. The molecule has 3 aliphatic heterocycles. The first-order valence-electron chi connectivity index (χ1n) is 8.70.